The molecule has 5 rings (SSSR count). The van der Waals surface area contributed by atoms with Crippen LogP contribution in [0.3, 0.4) is 0 Å². The number of alkyl halides is 3. The number of aromatic nitrogens is 3. The molecule has 0 N–H and O–H groups in total. The quantitative estimate of drug-likeness (QED) is 0.275. The van der Waals surface area contributed by atoms with Gasteiger partial charge in [0.15, 0.2) is 0 Å². The summed E-state index contributed by atoms with van der Waals surface area (Å²) in [5.41, 5.74) is 2.76. The molecule has 11 heteroatoms. The van der Waals surface area contributed by atoms with Crippen LogP contribution in [0.2, 0.25) is 0 Å². The Bertz CT molecular complexity index is 1490. The maximum Gasteiger partial charge on any atom is 0.433 e. The van der Waals surface area contributed by atoms with Crippen molar-refractivity contribution in [3.63, 3.8) is 0 Å². The molecule has 0 radical (unpaired) electrons. The third-order valence-corrected chi connectivity index (χ3v) is 8.35. The van der Waals surface area contributed by atoms with Gasteiger partial charge in [0, 0.05) is 43.8 Å². The van der Waals surface area contributed by atoms with Crippen molar-refractivity contribution in [3.8, 4) is 5.69 Å². The Hall–Kier alpha value is -3.15. The number of benzene rings is 2. The van der Waals surface area contributed by atoms with Gasteiger partial charge in [-0.05, 0) is 72.5 Å². The van der Waals surface area contributed by atoms with Crippen LogP contribution in [0, 0.1) is 18.7 Å². The van der Waals surface area contributed by atoms with Crippen LogP contribution in [0.25, 0.3) is 16.6 Å². The standard InChI is InChI=1S/C28H29F4N5OS/c1-18(2)16-35-10-11-36(39(38)23-8-9-27(33-15-23)28(30,31)32)17-26(35)24-13-20-14-34-37(25(20)12-19(24)3)22-6-4-21(29)5-7-22/h4-9,12-15,18,26H,10-11,16-17H2,1-3H3. The van der Waals surface area contributed by atoms with Gasteiger partial charge in [0.2, 0.25) is 0 Å². The molecule has 39 heavy (non-hydrogen) atoms. The van der Waals surface area contributed by atoms with Crippen molar-refractivity contribution in [2.75, 3.05) is 26.2 Å². The third kappa shape index (κ3) is 5.75. The average Bonchev–Trinajstić information content (AvgIpc) is 3.30. The van der Waals surface area contributed by atoms with Gasteiger partial charge in [0.25, 0.3) is 0 Å². The third-order valence-electron chi connectivity index (χ3n) is 6.90. The van der Waals surface area contributed by atoms with Crippen molar-refractivity contribution >= 4 is 21.9 Å². The number of aryl methyl sites for hydroxylation is 1. The molecule has 2 unspecified atom stereocenters. The molecule has 6 nitrogen and oxygen atoms in total. The first-order valence-electron chi connectivity index (χ1n) is 12.7. The predicted octanol–water partition coefficient (Wildman–Crippen LogP) is 5.92. The summed E-state index contributed by atoms with van der Waals surface area (Å²) < 4.78 is 69.3. The zero-order chi connectivity index (χ0) is 27.9. The first-order valence-corrected chi connectivity index (χ1v) is 13.8. The number of halogens is 4. The van der Waals surface area contributed by atoms with E-state index in [1.54, 1.807) is 27.3 Å². The number of nitrogens with zero attached hydrogens (tertiary/aromatic N) is 5. The minimum atomic E-state index is -4.55. The Kier molecular flexibility index (Phi) is 7.58. The van der Waals surface area contributed by atoms with Crippen LogP contribution in [0.1, 0.15) is 36.7 Å². The number of pyridine rings is 1. The van der Waals surface area contributed by atoms with Crippen molar-refractivity contribution in [1.29, 1.82) is 0 Å². The van der Waals surface area contributed by atoms with E-state index >= 15 is 0 Å². The fourth-order valence-corrected chi connectivity index (χ4v) is 6.22. The molecule has 2 atom stereocenters. The molecule has 1 aliphatic heterocycles. The monoisotopic (exact) mass is 559 g/mol. The van der Waals surface area contributed by atoms with Gasteiger partial charge in [-0.1, -0.05) is 13.8 Å². The molecule has 2 aromatic carbocycles. The molecule has 0 amide bonds. The lowest BCUT2D eigenvalue weighted by molar-refractivity contribution is -0.141. The van der Waals surface area contributed by atoms with E-state index in [1.807, 2.05) is 6.92 Å². The summed E-state index contributed by atoms with van der Waals surface area (Å²) in [5.74, 6) is 0.0964. The van der Waals surface area contributed by atoms with Crippen molar-refractivity contribution in [2.24, 2.45) is 5.92 Å². The Labute approximate surface area is 226 Å². The van der Waals surface area contributed by atoms with E-state index in [4.69, 9.17) is 0 Å². The zero-order valence-electron chi connectivity index (χ0n) is 21.8. The number of hydrogen-bond acceptors (Lipinski definition) is 4. The highest BCUT2D eigenvalue weighted by atomic mass is 32.2. The summed E-state index contributed by atoms with van der Waals surface area (Å²) in [5, 5.41) is 5.46. The molecule has 1 aliphatic rings. The summed E-state index contributed by atoms with van der Waals surface area (Å²) in [6.45, 7) is 8.80. The van der Waals surface area contributed by atoms with Gasteiger partial charge in [0.05, 0.1) is 22.3 Å². The summed E-state index contributed by atoms with van der Waals surface area (Å²) in [7, 11) is -1.65. The fraction of sp³-hybridized carbons (Fsp3) is 0.357. The average molecular weight is 560 g/mol. The lowest BCUT2D eigenvalue weighted by atomic mass is 9.96. The molecule has 4 aromatic rings. The highest BCUT2D eigenvalue weighted by Gasteiger charge is 2.34. The van der Waals surface area contributed by atoms with Gasteiger partial charge in [-0.2, -0.15) is 18.3 Å². The van der Waals surface area contributed by atoms with Crippen LogP contribution in [-0.2, 0) is 17.2 Å². The Morgan fingerprint density at radius 2 is 1.79 bits per heavy atom. The van der Waals surface area contributed by atoms with Crippen LogP contribution < -0.4 is 0 Å². The van der Waals surface area contributed by atoms with Gasteiger partial charge in [-0.15, -0.1) is 0 Å². The number of rotatable bonds is 6. The molecular weight excluding hydrogens is 530 g/mol. The smallest absolute Gasteiger partial charge is 0.293 e. The topological polar surface area (TPSA) is 54.3 Å². The van der Waals surface area contributed by atoms with E-state index in [2.05, 4.69) is 41.0 Å². The number of piperazine rings is 1. The van der Waals surface area contributed by atoms with Gasteiger partial charge in [-0.3, -0.25) is 9.88 Å². The summed E-state index contributed by atoms with van der Waals surface area (Å²) in [6, 6.07) is 12.4. The predicted molar refractivity (Wildman–Crippen MR) is 142 cm³/mol. The molecule has 2 aromatic heterocycles. The second-order valence-electron chi connectivity index (χ2n) is 10.2. The molecule has 0 aliphatic carbocycles. The number of hydrogen-bond donors (Lipinski definition) is 0. The molecule has 1 fully saturated rings. The van der Waals surface area contributed by atoms with E-state index in [9.17, 15) is 21.8 Å². The first-order chi connectivity index (χ1) is 18.5. The molecule has 206 valence electrons. The Morgan fingerprint density at radius 1 is 1.05 bits per heavy atom. The van der Waals surface area contributed by atoms with Gasteiger partial charge < -0.3 is 0 Å². The van der Waals surface area contributed by atoms with Crippen LogP contribution in [0.15, 0.2) is 65.8 Å². The molecule has 3 heterocycles. The Balaban J connectivity index is 1.46. The van der Waals surface area contributed by atoms with Crippen molar-refractivity contribution in [3.05, 3.63) is 83.6 Å². The van der Waals surface area contributed by atoms with E-state index in [-0.39, 0.29) is 16.8 Å². The van der Waals surface area contributed by atoms with Crippen LogP contribution in [0.4, 0.5) is 17.6 Å². The minimum absolute atomic E-state index is 0.0777. The maximum atomic E-state index is 13.4. The van der Waals surface area contributed by atoms with Crippen molar-refractivity contribution in [1.82, 2.24) is 24.0 Å². The SMILES string of the molecule is Cc1cc2c(cnn2-c2ccc(F)cc2)cc1C1CN(S(=O)c2ccc(C(F)(F)F)nc2)CCN1CC(C)C. The van der Waals surface area contributed by atoms with Crippen molar-refractivity contribution in [2.45, 2.75) is 37.9 Å². The van der Waals surface area contributed by atoms with Crippen LogP contribution in [0.5, 0.6) is 0 Å². The Morgan fingerprint density at radius 3 is 2.44 bits per heavy atom. The van der Waals surface area contributed by atoms with Gasteiger partial charge in [0.1, 0.15) is 22.5 Å². The molecule has 0 bridgehead atoms. The van der Waals surface area contributed by atoms with E-state index in [0.717, 1.165) is 46.5 Å². The number of fused-ring (bicyclic) bond motifs is 1. The largest absolute Gasteiger partial charge is 0.433 e. The zero-order valence-corrected chi connectivity index (χ0v) is 22.6. The van der Waals surface area contributed by atoms with Crippen LogP contribution in [-0.4, -0.2) is 54.4 Å². The molecule has 0 spiro atoms. The second-order valence-corrected chi connectivity index (χ2v) is 11.7. The summed E-state index contributed by atoms with van der Waals surface area (Å²) in [4.78, 5) is 6.11. The van der Waals surface area contributed by atoms with Crippen molar-refractivity contribution < 1.29 is 21.8 Å². The summed E-state index contributed by atoms with van der Waals surface area (Å²) in [6.07, 6.45) is -1.72. The second kappa shape index (κ2) is 10.8. The first kappa shape index (κ1) is 27.4. The normalized spacial score (nSPS) is 18.2. The molecule has 0 saturated carbocycles. The minimum Gasteiger partial charge on any atom is -0.293 e. The molecular formula is C28H29F4N5OS. The van der Waals surface area contributed by atoms with Gasteiger partial charge >= 0.3 is 6.18 Å². The lowest BCUT2D eigenvalue weighted by Gasteiger charge is -2.42. The molecule has 1 saturated heterocycles. The van der Waals surface area contributed by atoms with Crippen LogP contribution >= 0.6 is 0 Å². The fourth-order valence-electron chi connectivity index (χ4n) is 5.07. The lowest BCUT2D eigenvalue weighted by Crippen LogP contribution is -2.50. The van der Waals surface area contributed by atoms with Gasteiger partial charge in [-0.25, -0.2) is 17.6 Å². The highest BCUT2D eigenvalue weighted by Crippen LogP contribution is 2.34. The van der Waals surface area contributed by atoms with E-state index < -0.39 is 22.9 Å². The summed E-state index contributed by atoms with van der Waals surface area (Å²) >= 11 is 0. The van der Waals surface area contributed by atoms with E-state index in [1.165, 1.54) is 18.2 Å². The maximum absolute atomic E-state index is 13.4. The highest BCUT2D eigenvalue weighted by molar-refractivity contribution is 7.82. The van der Waals surface area contributed by atoms with E-state index in [0.29, 0.717) is 25.6 Å².